The third-order valence-electron chi connectivity index (χ3n) is 7.47. The van der Waals surface area contributed by atoms with Gasteiger partial charge in [-0.25, -0.2) is 8.42 Å². The van der Waals surface area contributed by atoms with E-state index in [4.69, 9.17) is 0 Å². The number of sulfonamides is 1. The highest BCUT2D eigenvalue weighted by Crippen LogP contribution is 2.42. The number of nitrogens with one attached hydrogen (secondary N) is 1. The van der Waals surface area contributed by atoms with Crippen LogP contribution < -0.4 is 9.62 Å². The topological polar surface area (TPSA) is 86.8 Å². The van der Waals surface area contributed by atoms with Crippen molar-refractivity contribution in [2.45, 2.75) is 63.1 Å². The Hall–Kier alpha value is -3.69. The number of amides is 2. The van der Waals surface area contributed by atoms with Gasteiger partial charge in [-0.05, 0) is 68.0 Å². The second-order valence-electron chi connectivity index (χ2n) is 11.9. The average molecular weight is 663 g/mol. The van der Waals surface area contributed by atoms with Gasteiger partial charge in [-0.15, -0.1) is 0 Å². The summed E-state index contributed by atoms with van der Waals surface area (Å²) in [5.74, 6) is -0.439. The molecule has 1 aliphatic rings. The van der Waals surface area contributed by atoms with Crippen LogP contribution in [0.4, 0.5) is 5.69 Å². The van der Waals surface area contributed by atoms with E-state index in [9.17, 15) is 18.0 Å². The zero-order valence-electron chi connectivity index (χ0n) is 24.6. The van der Waals surface area contributed by atoms with Crippen LogP contribution in [0.5, 0.6) is 0 Å². The van der Waals surface area contributed by atoms with Crippen LogP contribution in [0.15, 0.2) is 100 Å². The van der Waals surface area contributed by atoms with Gasteiger partial charge < -0.3 is 10.2 Å². The minimum absolute atomic E-state index is 0.0863. The molecule has 0 saturated carbocycles. The molecule has 0 aromatic heterocycles. The van der Waals surface area contributed by atoms with E-state index >= 15 is 0 Å². The molecule has 1 heterocycles. The zero-order valence-corrected chi connectivity index (χ0v) is 27.0. The van der Waals surface area contributed by atoms with Crippen LogP contribution in [0.3, 0.4) is 0 Å². The van der Waals surface area contributed by atoms with Gasteiger partial charge in [0.25, 0.3) is 10.0 Å². The van der Waals surface area contributed by atoms with E-state index in [0.717, 1.165) is 26.4 Å². The molecule has 0 unspecified atom stereocenters. The Morgan fingerprint density at radius 2 is 1.56 bits per heavy atom. The molecular weight excluding hydrogens is 626 g/mol. The van der Waals surface area contributed by atoms with E-state index in [-0.39, 0.29) is 31.3 Å². The Kier molecular flexibility index (Phi) is 8.94. The lowest BCUT2D eigenvalue weighted by Gasteiger charge is -2.34. The van der Waals surface area contributed by atoms with E-state index in [1.165, 1.54) is 4.31 Å². The smallest absolute Gasteiger partial charge is 0.265 e. The molecule has 9 heteroatoms. The van der Waals surface area contributed by atoms with Gasteiger partial charge in [0.2, 0.25) is 11.8 Å². The summed E-state index contributed by atoms with van der Waals surface area (Å²) in [5, 5.41) is 4.66. The molecule has 4 aromatic carbocycles. The fraction of sp³-hybridized carbons (Fsp3) is 0.294. The number of hydrogen-bond donors (Lipinski definition) is 1. The highest BCUT2D eigenvalue weighted by molar-refractivity contribution is 9.10. The molecule has 0 radical (unpaired) electrons. The first-order valence-electron chi connectivity index (χ1n) is 14.4. The summed E-state index contributed by atoms with van der Waals surface area (Å²) in [7, 11) is -3.72. The van der Waals surface area contributed by atoms with Crippen LogP contribution in [-0.4, -0.2) is 43.3 Å². The maximum atomic E-state index is 14.0. The summed E-state index contributed by atoms with van der Waals surface area (Å²) in [6.07, 6.45) is 0.740. The monoisotopic (exact) mass is 661 g/mol. The highest BCUT2D eigenvalue weighted by atomic mass is 79.9. The van der Waals surface area contributed by atoms with Gasteiger partial charge >= 0.3 is 0 Å². The van der Waals surface area contributed by atoms with Crippen molar-refractivity contribution in [3.05, 3.63) is 107 Å². The average Bonchev–Trinajstić information content (AvgIpc) is 3.18. The SMILES string of the molecule is CC(C)(C)NC(=O)[C@@H](Cc1ccccc1)N(Cc1ccc(Br)cc1)C(=O)CCCN1c2cccc3cccc(c23)S1(=O)=O. The minimum atomic E-state index is -3.72. The second kappa shape index (κ2) is 12.5. The number of carbonyl (C=O) groups excluding carboxylic acids is 2. The predicted octanol–water partition coefficient (Wildman–Crippen LogP) is 6.45. The minimum Gasteiger partial charge on any atom is -0.350 e. The van der Waals surface area contributed by atoms with Crippen molar-refractivity contribution in [2.24, 2.45) is 0 Å². The number of hydrogen-bond acceptors (Lipinski definition) is 4. The molecule has 2 amide bonds. The lowest BCUT2D eigenvalue weighted by molar-refractivity contribution is -0.142. The molecular formula is C34H36BrN3O4S. The third-order valence-corrected chi connectivity index (χ3v) is 9.85. The number of rotatable bonds is 10. The Morgan fingerprint density at radius 1 is 0.884 bits per heavy atom. The number of halogens is 1. The van der Waals surface area contributed by atoms with E-state index in [0.29, 0.717) is 23.4 Å². The van der Waals surface area contributed by atoms with Crippen LogP contribution in [0.1, 0.15) is 44.7 Å². The summed E-state index contributed by atoms with van der Waals surface area (Å²) < 4.78 is 29.2. The standard InChI is InChI=1S/C34H36BrN3O4S/c1-34(2,3)36-33(40)29(22-24-10-5-4-6-11-24)37(23-25-17-19-27(35)20-18-25)31(39)16-9-21-38-28-14-7-12-26-13-8-15-30(32(26)28)43(38,41)42/h4-8,10-15,17-20,29H,9,16,21-23H2,1-3H3,(H,36,40)/t29-/m1/s1. The molecule has 0 aliphatic carbocycles. The summed E-state index contributed by atoms with van der Waals surface area (Å²) in [6.45, 7) is 6.15. The lowest BCUT2D eigenvalue weighted by Crippen LogP contribution is -2.54. The van der Waals surface area contributed by atoms with Crippen LogP contribution in [0.25, 0.3) is 10.8 Å². The molecule has 0 spiro atoms. The van der Waals surface area contributed by atoms with Gasteiger partial charge in [0.15, 0.2) is 0 Å². The van der Waals surface area contributed by atoms with Crippen molar-refractivity contribution in [2.75, 3.05) is 10.8 Å². The first-order chi connectivity index (χ1) is 20.4. The van der Waals surface area contributed by atoms with E-state index < -0.39 is 21.6 Å². The predicted molar refractivity (Wildman–Crippen MR) is 174 cm³/mol. The summed E-state index contributed by atoms with van der Waals surface area (Å²) >= 11 is 3.47. The molecule has 1 N–H and O–H groups in total. The van der Waals surface area contributed by atoms with E-state index in [1.807, 2.05) is 99.6 Å². The van der Waals surface area contributed by atoms with Crippen molar-refractivity contribution in [1.29, 1.82) is 0 Å². The van der Waals surface area contributed by atoms with Crippen LogP contribution in [0.2, 0.25) is 0 Å². The van der Waals surface area contributed by atoms with Crippen molar-refractivity contribution in [1.82, 2.24) is 10.2 Å². The largest absolute Gasteiger partial charge is 0.350 e. The summed E-state index contributed by atoms with van der Waals surface area (Å²) in [4.78, 5) is 29.7. The third kappa shape index (κ3) is 6.94. The Balaban J connectivity index is 1.40. The first-order valence-corrected chi connectivity index (χ1v) is 16.6. The van der Waals surface area contributed by atoms with Crippen molar-refractivity contribution in [3.8, 4) is 0 Å². The Bertz CT molecular complexity index is 1730. The normalized spacial score (nSPS) is 14.5. The van der Waals surface area contributed by atoms with Gasteiger partial charge in [0, 0.05) is 41.3 Å². The quantitative estimate of drug-likeness (QED) is 0.212. The van der Waals surface area contributed by atoms with Gasteiger partial charge in [0.1, 0.15) is 6.04 Å². The van der Waals surface area contributed by atoms with Gasteiger partial charge in [0.05, 0.1) is 10.6 Å². The van der Waals surface area contributed by atoms with Gasteiger partial charge in [-0.3, -0.25) is 13.9 Å². The molecule has 0 saturated heterocycles. The van der Waals surface area contributed by atoms with Crippen molar-refractivity contribution in [3.63, 3.8) is 0 Å². The maximum Gasteiger partial charge on any atom is 0.265 e. The highest BCUT2D eigenvalue weighted by Gasteiger charge is 2.36. The molecule has 0 fully saturated rings. The van der Waals surface area contributed by atoms with Crippen LogP contribution >= 0.6 is 15.9 Å². The second-order valence-corrected chi connectivity index (χ2v) is 14.7. The van der Waals surface area contributed by atoms with E-state index in [2.05, 4.69) is 21.2 Å². The Morgan fingerprint density at radius 3 is 2.23 bits per heavy atom. The molecule has 1 atom stereocenters. The Labute approximate surface area is 262 Å². The number of nitrogens with zero attached hydrogens (tertiary/aromatic N) is 2. The molecule has 1 aliphatic heterocycles. The summed E-state index contributed by atoms with van der Waals surface area (Å²) in [5.41, 5.74) is 1.98. The molecule has 4 aromatic rings. The maximum absolute atomic E-state index is 14.0. The molecule has 7 nitrogen and oxygen atoms in total. The first kappa shape index (κ1) is 30.8. The molecule has 224 valence electrons. The number of anilines is 1. The molecule has 43 heavy (non-hydrogen) atoms. The lowest BCUT2D eigenvalue weighted by atomic mass is 10.00. The van der Waals surface area contributed by atoms with E-state index in [1.54, 1.807) is 17.0 Å². The van der Waals surface area contributed by atoms with Crippen molar-refractivity contribution < 1.29 is 18.0 Å². The summed E-state index contributed by atoms with van der Waals surface area (Å²) in [6, 6.07) is 27.5. The van der Waals surface area contributed by atoms with Gasteiger partial charge in [-0.1, -0.05) is 82.7 Å². The molecule has 5 rings (SSSR count). The van der Waals surface area contributed by atoms with Crippen LogP contribution in [0, 0.1) is 0 Å². The number of benzene rings is 4. The fourth-order valence-electron chi connectivity index (χ4n) is 5.51. The number of carbonyl (C=O) groups is 2. The van der Waals surface area contributed by atoms with Crippen molar-refractivity contribution >= 4 is 54.2 Å². The zero-order chi connectivity index (χ0) is 30.8. The molecule has 0 bridgehead atoms. The fourth-order valence-corrected chi connectivity index (χ4v) is 7.52. The van der Waals surface area contributed by atoms with Gasteiger partial charge in [-0.2, -0.15) is 0 Å². The van der Waals surface area contributed by atoms with Crippen LogP contribution in [-0.2, 0) is 32.6 Å².